The summed E-state index contributed by atoms with van der Waals surface area (Å²) >= 11 is 0. The number of halogens is 1. The first-order valence-corrected chi connectivity index (χ1v) is 7.63. The molecule has 1 aliphatic heterocycles. The third kappa shape index (κ3) is 3.16. The highest BCUT2D eigenvalue weighted by Gasteiger charge is 2.28. The summed E-state index contributed by atoms with van der Waals surface area (Å²) in [6, 6.07) is 10.5. The average Bonchev–Trinajstić information content (AvgIpc) is 2.96. The van der Waals surface area contributed by atoms with E-state index in [0.29, 0.717) is 11.3 Å². The summed E-state index contributed by atoms with van der Waals surface area (Å²) in [5, 5.41) is 1.97. The van der Waals surface area contributed by atoms with E-state index < -0.39 is 0 Å². The van der Waals surface area contributed by atoms with E-state index in [1.54, 1.807) is 19.2 Å². The van der Waals surface area contributed by atoms with Crippen LogP contribution < -0.4 is 14.9 Å². The SMILES string of the molecule is CNN(C)CC1Cc2cc(OC)cc(-c3ccccc3F)c2O1. The molecule has 0 saturated heterocycles. The number of benzene rings is 2. The lowest BCUT2D eigenvalue weighted by atomic mass is 9.99. The maximum atomic E-state index is 14.2. The van der Waals surface area contributed by atoms with Gasteiger partial charge in [-0.3, -0.25) is 5.43 Å². The molecular formula is C18H21FN2O2. The van der Waals surface area contributed by atoms with E-state index in [4.69, 9.17) is 9.47 Å². The smallest absolute Gasteiger partial charge is 0.131 e. The second-order valence-electron chi connectivity index (χ2n) is 5.69. The summed E-state index contributed by atoms with van der Waals surface area (Å²) in [6.45, 7) is 0.740. The van der Waals surface area contributed by atoms with Crippen LogP contribution in [0, 0.1) is 5.82 Å². The van der Waals surface area contributed by atoms with Gasteiger partial charge in [-0.05, 0) is 25.2 Å². The van der Waals surface area contributed by atoms with Gasteiger partial charge >= 0.3 is 0 Å². The van der Waals surface area contributed by atoms with E-state index in [2.05, 4.69) is 5.43 Å². The van der Waals surface area contributed by atoms with Crippen LogP contribution in [0.4, 0.5) is 4.39 Å². The summed E-state index contributed by atoms with van der Waals surface area (Å²) < 4.78 is 25.7. The molecule has 4 nitrogen and oxygen atoms in total. The summed E-state index contributed by atoms with van der Waals surface area (Å²) in [5.74, 6) is 1.21. The Balaban J connectivity index is 2.00. The normalized spacial score (nSPS) is 16.3. The van der Waals surface area contributed by atoms with E-state index >= 15 is 0 Å². The van der Waals surface area contributed by atoms with Crippen molar-refractivity contribution in [2.45, 2.75) is 12.5 Å². The van der Waals surface area contributed by atoms with Crippen molar-refractivity contribution in [2.24, 2.45) is 0 Å². The fraction of sp³-hybridized carbons (Fsp3) is 0.333. The molecule has 0 spiro atoms. The van der Waals surface area contributed by atoms with Gasteiger partial charge < -0.3 is 9.47 Å². The molecule has 2 aromatic rings. The van der Waals surface area contributed by atoms with Crippen LogP contribution in [0.25, 0.3) is 11.1 Å². The Hall–Kier alpha value is -2.11. The number of hydrogen-bond donors (Lipinski definition) is 1. The molecule has 0 aliphatic carbocycles. The third-order valence-electron chi connectivity index (χ3n) is 4.13. The molecule has 0 amide bonds. The van der Waals surface area contributed by atoms with Crippen molar-refractivity contribution < 1.29 is 13.9 Å². The molecule has 0 saturated carbocycles. The zero-order chi connectivity index (χ0) is 16.4. The minimum Gasteiger partial charge on any atom is -0.497 e. The largest absolute Gasteiger partial charge is 0.497 e. The Kier molecular flexibility index (Phi) is 4.50. The van der Waals surface area contributed by atoms with Gasteiger partial charge in [-0.1, -0.05) is 18.2 Å². The lowest BCUT2D eigenvalue weighted by Gasteiger charge is -2.20. The fourth-order valence-electron chi connectivity index (χ4n) is 2.90. The molecule has 23 heavy (non-hydrogen) atoms. The maximum Gasteiger partial charge on any atom is 0.131 e. The Labute approximate surface area is 135 Å². The summed E-state index contributed by atoms with van der Waals surface area (Å²) in [4.78, 5) is 0. The number of hydrogen-bond acceptors (Lipinski definition) is 4. The van der Waals surface area contributed by atoms with E-state index in [1.807, 2.05) is 37.3 Å². The van der Waals surface area contributed by atoms with Crippen molar-refractivity contribution >= 4 is 0 Å². The molecule has 0 bridgehead atoms. The van der Waals surface area contributed by atoms with Crippen molar-refractivity contribution in [1.82, 2.24) is 10.4 Å². The number of hydrazine groups is 1. The van der Waals surface area contributed by atoms with Crippen molar-refractivity contribution in [1.29, 1.82) is 0 Å². The molecule has 1 N–H and O–H groups in total. The predicted molar refractivity (Wildman–Crippen MR) is 88.2 cm³/mol. The predicted octanol–water partition coefficient (Wildman–Crippen LogP) is 2.87. The van der Waals surface area contributed by atoms with Crippen molar-refractivity contribution in [3.8, 4) is 22.6 Å². The molecule has 1 aliphatic rings. The number of ether oxygens (including phenoxy) is 2. The number of nitrogens with zero attached hydrogens (tertiary/aromatic N) is 1. The quantitative estimate of drug-likeness (QED) is 0.860. The minimum atomic E-state index is -0.262. The number of nitrogens with one attached hydrogen (secondary N) is 1. The maximum absolute atomic E-state index is 14.2. The number of methoxy groups -OCH3 is 1. The standard InChI is InChI=1S/C18H21FN2O2/c1-20-21(2)11-14-9-12-8-13(22-3)10-16(18(12)23-14)15-6-4-5-7-17(15)19/h4-8,10,14,20H,9,11H2,1-3H3. The van der Waals surface area contributed by atoms with Crippen LogP contribution in [0.5, 0.6) is 11.5 Å². The number of rotatable bonds is 5. The van der Waals surface area contributed by atoms with Crippen LogP contribution in [0.1, 0.15) is 5.56 Å². The van der Waals surface area contributed by atoms with Crippen LogP contribution in [0.3, 0.4) is 0 Å². The number of fused-ring (bicyclic) bond motifs is 1. The molecule has 1 atom stereocenters. The molecule has 2 aromatic carbocycles. The molecule has 5 heteroatoms. The molecular weight excluding hydrogens is 295 g/mol. The van der Waals surface area contributed by atoms with Gasteiger partial charge in [0.05, 0.1) is 13.7 Å². The Bertz CT molecular complexity index is 705. The van der Waals surface area contributed by atoms with Crippen LogP contribution in [-0.4, -0.2) is 38.9 Å². The lowest BCUT2D eigenvalue weighted by molar-refractivity contribution is 0.142. The zero-order valence-corrected chi connectivity index (χ0v) is 13.6. The van der Waals surface area contributed by atoms with Crippen LogP contribution in [-0.2, 0) is 6.42 Å². The van der Waals surface area contributed by atoms with Crippen molar-refractivity contribution in [3.05, 3.63) is 47.8 Å². The Morgan fingerprint density at radius 1 is 1.30 bits per heavy atom. The first-order valence-electron chi connectivity index (χ1n) is 7.63. The molecule has 3 rings (SSSR count). The molecule has 0 fully saturated rings. The van der Waals surface area contributed by atoms with Gasteiger partial charge in [-0.25, -0.2) is 9.40 Å². The summed E-state index contributed by atoms with van der Waals surface area (Å²) in [7, 11) is 5.45. The Morgan fingerprint density at radius 2 is 2.09 bits per heavy atom. The fourth-order valence-corrected chi connectivity index (χ4v) is 2.90. The summed E-state index contributed by atoms with van der Waals surface area (Å²) in [6.07, 6.45) is 0.806. The van der Waals surface area contributed by atoms with Crippen LogP contribution in [0.15, 0.2) is 36.4 Å². The second kappa shape index (κ2) is 6.56. The third-order valence-corrected chi connectivity index (χ3v) is 4.13. The zero-order valence-electron chi connectivity index (χ0n) is 13.6. The van der Waals surface area contributed by atoms with Crippen molar-refractivity contribution in [3.63, 3.8) is 0 Å². The number of likely N-dealkylation sites (N-methyl/N-ethyl adjacent to an activating group) is 1. The van der Waals surface area contributed by atoms with Gasteiger partial charge in [0.1, 0.15) is 23.4 Å². The van der Waals surface area contributed by atoms with Gasteiger partial charge in [0.15, 0.2) is 0 Å². The molecule has 0 radical (unpaired) electrons. The van der Waals surface area contributed by atoms with Crippen molar-refractivity contribution in [2.75, 3.05) is 27.7 Å². The van der Waals surface area contributed by atoms with Gasteiger partial charge in [0, 0.05) is 30.2 Å². The van der Waals surface area contributed by atoms with Gasteiger partial charge in [0.25, 0.3) is 0 Å². The highest BCUT2D eigenvalue weighted by Crippen LogP contribution is 2.42. The van der Waals surface area contributed by atoms with Crippen LogP contribution >= 0.6 is 0 Å². The highest BCUT2D eigenvalue weighted by atomic mass is 19.1. The van der Waals surface area contributed by atoms with E-state index in [1.165, 1.54) is 6.07 Å². The topological polar surface area (TPSA) is 33.7 Å². The van der Waals surface area contributed by atoms with Crippen LogP contribution in [0.2, 0.25) is 0 Å². The molecule has 1 heterocycles. The van der Waals surface area contributed by atoms with Gasteiger partial charge in [-0.15, -0.1) is 0 Å². The first-order chi connectivity index (χ1) is 11.1. The van der Waals surface area contributed by atoms with Gasteiger partial charge in [-0.2, -0.15) is 0 Å². The lowest BCUT2D eigenvalue weighted by Crippen LogP contribution is -2.39. The monoisotopic (exact) mass is 316 g/mol. The average molecular weight is 316 g/mol. The van der Waals surface area contributed by atoms with Gasteiger partial charge in [0.2, 0.25) is 0 Å². The van der Waals surface area contributed by atoms with E-state index in [0.717, 1.165) is 29.8 Å². The second-order valence-corrected chi connectivity index (χ2v) is 5.69. The first kappa shape index (κ1) is 15.8. The molecule has 0 aromatic heterocycles. The minimum absolute atomic E-state index is 0.0279. The van der Waals surface area contributed by atoms with E-state index in [-0.39, 0.29) is 11.9 Å². The summed E-state index contributed by atoms with van der Waals surface area (Å²) in [5.41, 5.74) is 5.39. The molecule has 1 unspecified atom stereocenters. The highest BCUT2D eigenvalue weighted by molar-refractivity contribution is 5.75. The Morgan fingerprint density at radius 3 is 2.78 bits per heavy atom. The van der Waals surface area contributed by atoms with E-state index in [9.17, 15) is 4.39 Å². The molecule has 122 valence electrons.